The fourth-order valence-electron chi connectivity index (χ4n) is 0.778. The van der Waals surface area contributed by atoms with E-state index < -0.39 is 0 Å². The molecule has 0 saturated carbocycles. The number of aliphatic hydroxyl groups excluding tert-OH is 1. The van der Waals surface area contributed by atoms with E-state index in [0.717, 1.165) is 0 Å². The van der Waals surface area contributed by atoms with Crippen LogP contribution < -0.4 is 0 Å². The molecule has 0 heterocycles. The largest absolute Gasteiger partial charge is 0.392 e. The van der Waals surface area contributed by atoms with E-state index >= 15 is 0 Å². The zero-order chi connectivity index (χ0) is 8.97. The lowest BCUT2D eigenvalue weighted by Crippen LogP contribution is -1.80. The number of rotatable bonds is 2. The molecule has 1 rings (SSSR count). The highest BCUT2D eigenvalue weighted by Gasteiger charge is 1.98. The number of nitrogens with zero attached hydrogens (tertiary/aromatic N) is 3. The summed E-state index contributed by atoms with van der Waals surface area (Å²) < 4.78 is 0. The van der Waals surface area contributed by atoms with E-state index in [1.807, 2.05) is 0 Å². The first-order chi connectivity index (χ1) is 5.77. The Bertz CT molecular complexity index is 333. The number of aliphatic hydroxyl groups is 1. The number of azide groups is 1. The van der Waals surface area contributed by atoms with Crippen LogP contribution in [0.25, 0.3) is 10.4 Å². The Morgan fingerprint density at radius 3 is 2.83 bits per heavy atom. The summed E-state index contributed by atoms with van der Waals surface area (Å²) in [5.41, 5.74) is 9.18. The Morgan fingerprint density at radius 2 is 2.33 bits per heavy atom. The Morgan fingerprint density at radius 1 is 1.58 bits per heavy atom. The normalized spacial score (nSPS) is 9.17. The minimum absolute atomic E-state index is 0.0731. The van der Waals surface area contributed by atoms with Crippen LogP contribution in [0.5, 0.6) is 0 Å². The van der Waals surface area contributed by atoms with Gasteiger partial charge in [-0.15, -0.1) is 0 Å². The minimum Gasteiger partial charge on any atom is -0.392 e. The van der Waals surface area contributed by atoms with Gasteiger partial charge in [-0.05, 0) is 17.2 Å². The van der Waals surface area contributed by atoms with Crippen LogP contribution in [-0.4, -0.2) is 5.11 Å². The quantitative estimate of drug-likeness (QED) is 0.428. The van der Waals surface area contributed by atoms with E-state index in [9.17, 15) is 0 Å². The highest BCUT2D eigenvalue weighted by Crippen LogP contribution is 2.25. The van der Waals surface area contributed by atoms with E-state index in [-0.39, 0.29) is 6.61 Å². The summed E-state index contributed by atoms with van der Waals surface area (Å²) in [6, 6.07) is 4.77. The first-order valence-corrected chi connectivity index (χ1v) is 3.60. The molecule has 1 N–H and O–H groups in total. The van der Waals surface area contributed by atoms with Crippen LogP contribution in [-0.2, 0) is 6.61 Å². The first-order valence-electron chi connectivity index (χ1n) is 3.22. The predicted octanol–water partition coefficient (Wildman–Crippen LogP) is 2.77. The van der Waals surface area contributed by atoms with Crippen molar-refractivity contribution < 1.29 is 5.11 Å². The topological polar surface area (TPSA) is 69.0 Å². The summed E-state index contributed by atoms with van der Waals surface area (Å²) in [4.78, 5) is 2.60. The second-order valence-electron chi connectivity index (χ2n) is 2.13. The molecule has 0 fully saturated rings. The average Bonchev–Trinajstić information content (AvgIpc) is 2.09. The maximum atomic E-state index is 8.72. The van der Waals surface area contributed by atoms with Crippen molar-refractivity contribution in [2.24, 2.45) is 5.11 Å². The van der Waals surface area contributed by atoms with Crippen LogP contribution >= 0.6 is 11.6 Å². The average molecular weight is 184 g/mol. The van der Waals surface area contributed by atoms with Crippen LogP contribution in [0.1, 0.15) is 5.56 Å². The third-order valence-electron chi connectivity index (χ3n) is 1.35. The van der Waals surface area contributed by atoms with Crippen molar-refractivity contribution in [1.29, 1.82) is 0 Å². The van der Waals surface area contributed by atoms with E-state index in [1.54, 1.807) is 18.2 Å². The number of halogens is 1. The Balaban J connectivity index is 3.11. The van der Waals surface area contributed by atoms with Gasteiger partial charge in [0.2, 0.25) is 0 Å². The van der Waals surface area contributed by atoms with Gasteiger partial charge >= 0.3 is 0 Å². The van der Waals surface area contributed by atoms with Crippen LogP contribution in [0, 0.1) is 0 Å². The van der Waals surface area contributed by atoms with Crippen molar-refractivity contribution in [2.45, 2.75) is 6.61 Å². The lowest BCUT2D eigenvalue weighted by molar-refractivity contribution is 0.282. The van der Waals surface area contributed by atoms with Crippen molar-refractivity contribution in [3.8, 4) is 0 Å². The summed E-state index contributed by atoms with van der Waals surface area (Å²) in [7, 11) is 0. The molecule has 1 aromatic rings. The van der Waals surface area contributed by atoms with Gasteiger partial charge in [-0.3, -0.25) is 0 Å². The second kappa shape index (κ2) is 3.97. The summed E-state index contributed by atoms with van der Waals surface area (Å²) in [6.07, 6.45) is 0. The molecule has 0 aromatic heterocycles. The van der Waals surface area contributed by atoms with Gasteiger partial charge in [0.25, 0.3) is 0 Å². The molecule has 0 radical (unpaired) electrons. The molecule has 4 nitrogen and oxygen atoms in total. The standard InChI is InChI=1S/C7H6ClN3O/c8-6-3-5(4-12)1-2-7(6)10-11-9/h1-3,12H,4H2. The Hall–Kier alpha value is -1.22. The molecule has 62 valence electrons. The highest BCUT2D eigenvalue weighted by molar-refractivity contribution is 6.33. The summed E-state index contributed by atoms with van der Waals surface area (Å²) in [6.45, 7) is -0.0731. The van der Waals surface area contributed by atoms with Crippen LogP contribution in [0.15, 0.2) is 23.3 Å². The van der Waals surface area contributed by atoms with E-state index in [4.69, 9.17) is 22.2 Å². The summed E-state index contributed by atoms with van der Waals surface area (Å²) in [5.74, 6) is 0. The number of benzene rings is 1. The fourth-order valence-corrected chi connectivity index (χ4v) is 1.02. The minimum atomic E-state index is -0.0731. The highest BCUT2D eigenvalue weighted by atomic mass is 35.5. The van der Waals surface area contributed by atoms with Gasteiger partial charge in [-0.2, -0.15) is 0 Å². The van der Waals surface area contributed by atoms with E-state index in [2.05, 4.69) is 10.0 Å². The summed E-state index contributed by atoms with van der Waals surface area (Å²) >= 11 is 5.71. The lowest BCUT2D eigenvalue weighted by atomic mass is 10.2. The molecule has 5 heteroatoms. The van der Waals surface area contributed by atoms with Gasteiger partial charge in [0.1, 0.15) is 0 Å². The first kappa shape index (κ1) is 8.87. The molecule has 1 aromatic carbocycles. The molecule has 0 saturated heterocycles. The molecule has 0 aliphatic rings. The SMILES string of the molecule is [N-]=[N+]=Nc1ccc(CO)cc1Cl. The monoisotopic (exact) mass is 183 g/mol. The Kier molecular flexibility index (Phi) is 2.94. The van der Waals surface area contributed by atoms with Crippen LogP contribution in [0.4, 0.5) is 5.69 Å². The van der Waals surface area contributed by atoms with Crippen LogP contribution in [0.2, 0.25) is 5.02 Å². The van der Waals surface area contributed by atoms with Crippen molar-refractivity contribution in [3.63, 3.8) is 0 Å². The third kappa shape index (κ3) is 1.89. The van der Waals surface area contributed by atoms with Crippen molar-refractivity contribution in [2.75, 3.05) is 0 Å². The van der Waals surface area contributed by atoms with Gasteiger partial charge in [-0.25, -0.2) is 0 Å². The molecule has 0 amide bonds. The van der Waals surface area contributed by atoms with Gasteiger partial charge in [0.05, 0.1) is 17.3 Å². The Labute approximate surface area is 74.0 Å². The number of hydrogen-bond acceptors (Lipinski definition) is 2. The summed E-state index contributed by atoms with van der Waals surface area (Å²) in [5, 5.41) is 12.4. The van der Waals surface area contributed by atoms with Crippen molar-refractivity contribution in [1.82, 2.24) is 0 Å². The van der Waals surface area contributed by atoms with Gasteiger partial charge in [0, 0.05) is 4.91 Å². The van der Waals surface area contributed by atoms with Gasteiger partial charge < -0.3 is 5.11 Å². The van der Waals surface area contributed by atoms with Gasteiger partial charge in [0.15, 0.2) is 0 Å². The zero-order valence-corrected chi connectivity index (χ0v) is 6.86. The maximum absolute atomic E-state index is 8.72. The molecule has 0 bridgehead atoms. The lowest BCUT2D eigenvalue weighted by Gasteiger charge is -1.98. The van der Waals surface area contributed by atoms with Crippen molar-refractivity contribution in [3.05, 3.63) is 39.2 Å². The smallest absolute Gasteiger partial charge is 0.0682 e. The number of hydrogen-bond donors (Lipinski definition) is 1. The molecular formula is C7H6ClN3O. The van der Waals surface area contributed by atoms with Gasteiger partial charge in [-0.1, -0.05) is 28.8 Å². The fraction of sp³-hybridized carbons (Fsp3) is 0.143. The molecule has 0 unspecified atom stereocenters. The predicted molar refractivity (Wildman–Crippen MR) is 46.2 cm³/mol. The maximum Gasteiger partial charge on any atom is 0.0682 e. The molecule has 0 atom stereocenters. The molecule has 12 heavy (non-hydrogen) atoms. The zero-order valence-electron chi connectivity index (χ0n) is 6.11. The second-order valence-corrected chi connectivity index (χ2v) is 2.54. The molecule has 0 spiro atoms. The van der Waals surface area contributed by atoms with E-state index in [0.29, 0.717) is 16.3 Å². The van der Waals surface area contributed by atoms with Crippen LogP contribution in [0.3, 0.4) is 0 Å². The third-order valence-corrected chi connectivity index (χ3v) is 1.65. The van der Waals surface area contributed by atoms with E-state index in [1.165, 1.54) is 0 Å². The molecular weight excluding hydrogens is 178 g/mol. The molecule has 0 aliphatic heterocycles. The van der Waals surface area contributed by atoms with Crippen molar-refractivity contribution >= 4 is 17.3 Å². The molecule has 0 aliphatic carbocycles.